The second-order valence-corrected chi connectivity index (χ2v) is 17.2. The highest BCUT2D eigenvalue weighted by atomic mass is 14.9. The Morgan fingerprint density at radius 3 is 1.28 bits per heavy atom. The van der Waals surface area contributed by atoms with Gasteiger partial charge in [0.25, 0.3) is 0 Å². The fourth-order valence-electron chi connectivity index (χ4n) is 10.3. The van der Waals surface area contributed by atoms with Crippen molar-refractivity contribution in [3.63, 3.8) is 0 Å². The van der Waals surface area contributed by atoms with E-state index < -0.39 is 5.41 Å². The van der Waals surface area contributed by atoms with E-state index in [1.807, 2.05) is 24.3 Å². The summed E-state index contributed by atoms with van der Waals surface area (Å²) < 4.78 is 0. The minimum Gasteiger partial charge on any atom is -0.228 e. The van der Waals surface area contributed by atoms with Crippen molar-refractivity contribution in [2.24, 2.45) is 0 Å². The Bertz CT molecular complexity index is 3440. The van der Waals surface area contributed by atoms with Crippen molar-refractivity contribution in [1.29, 1.82) is 0 Å². The molecule has 0 unspecified atom stereocenters. The number of hydrogen-bond donors (Lipinski definition) is 0. The average Bonchev–Trinajstić information content (AvgIpc) is 3.72. The van der Waals surface area contributed by atoms with Crippen LogP contribution in [0.1, 0.15) is 22.3 Å². The Hall–Kier alpha value is -8.72. The van der Waals surface area contributed by atoms with Gasteiger partial charge in [-0.05, 0) is 108 Å². The van der Waals surface area contributed by atoms with Crippen molar-refractivity contribution >= 4 is 0 Å². The lowest BCUT2D eigenvalue weighted by Gasteiger charge is -2.34. The van der Waals surface area contributed by atoms with E-state index in [2.05, 4.69) is 243 Å². The van der Waals surface area contributed by atoms with Gasteiger partial charge in [0.05, 0.1) is 16.8 Å². The van der Waals surface area contributed by atoms with Crippen LogP contribution in [0.25, 0.3) is 89.5 Å². The maximum atomic E-state index is 5.24. The van der Waals surface area contributed by atoms with Crippen LogP contribution in [0.3, 0.4) is 0 Å². The Morgan fingerprint density at radius 1 is 0.239 bits per heavy atom. The molecule has 314 valence electrons. The van der Waals surface area contributed by atoms with Crippen molar-refractivity contribution in [2.75, 3.05) is 0 Å². The van der Waals surface area contributed by atoms with Gasteiger partial charge in [0.1, 0.15) is 0 Å². The molecule has 0 N–H and O–H groups in total. The molecule has 0 aliphatic heterocycles. The van der Waals surface area contributed by atoms with Crippen LogP contribution in [0.5, 0.6) is 0 Å². The molecule has 1 heterocycles. The summed E-state index contributed by atoms with van der Waals surface area (Å²) in [6.45, 7) is 0. The first-order valence-electron chi connectivity index (χ1n) is 23.0. The van der Waals surface area contributed by atoms with Gasteiger partial charge >= 0.3 is 0 Å². The fraction of sp³-hybridized carbons (Fsp3) is 0.0154. The van der Waals surface area contributed by atoms with Gasteiger partial charge < -0.3 is 0 Å². The van der Waals surface area contributed by atoms with Crippen LogP contribution in [-0.2, 0) is 5.41 Å². The number of aromatic nitrogens is 2. The van der Waals surface area contributed by atoms with E-state index in [4.69, 9.17) is 9.97 Å². The summed E-state index contributed by atoms with van der Waals surface area (Å²) in [5.41, 5.74) is 21.2. The monoisotopic (exact) mass is 852 g/mol. The third-order valence-electron chi connectivity index (χ3n) is 13.4. The highest BCUT2D eigenvalue weighted by molar-refractivity contribution is 6.00. The standard InChI is InChI=1S/C65H44N2/c1-7-22-45(23-8-1)52-42-56(49-30-21-31-51(40-49)62-44-61(46-24-9-2-10-25-46)66-64(67-62)48-28-13-4-14-29-48)63(47-26-11-3-12-27-47)57(43-52)50-38-39-60-58(41-50)55-36-19-20-37-59(55)65(60,53-32-15-5-16-33-53)54-34-17-6-18-35-54/h1-44H. The SMILES string of the molecule is c1ccc(-c2cc(-c3cccc(-c4cc(-c5ccccc5)nc(-c5ccccc5)n4)c3)c(-c3ccccc3)c(-c3ccc4c(c3)-c3ccccc3C4(c3ccccc3)c3ccccc3)c2)cc1. The smallest absolute Gasteiger partial charge is 0.160 e. The molecule has 1 aliphatic rings. The van der Waals surface area contributed by atoms with Gasteiger partial charge in [0.2, 0.25) is 0 Å². The van der Waals surface area contributed by atoms with Gasteiger partial charge in [-0.25, -0.2) is 9.97 Å². The quantitative estimate of drug-likeness (QED) is 0.145. The Morgan fingerprint density at radius 2 is 0.672 bits per heavy atom. The number of fused-ring (bicyclic) bond motifs is 3. The molecule has 0 fully saturated rings. The Kier molecular flexibility index (Phi) is 10.1. The molecule has 2 heteroatoms. The predicted molar refractivity (Wildman–Crippen MR) is 277 cm³/mol. The van der Waals surface area contributed by atoms with Crippen molar-refractivity contribution in [2.45, 2.75) is 5.41 Å². The third-order valence-corrected chi connectivity index (χ3v) is 13.4. The van der Waals surface area contributed by atoms with Gasteiger partial charge in [-0.3, -0.25) is 0 Å². The molecule has 2 nitrogen and oxygen atoms in total. The molecule has 10 aromatic carbocycles. The molecule has 11 aromatic rings. The summed E-state index contributed by atoms with van der Waals surface area (Å²) >= 11 is 0. The molecule has 1 aliphatic carbocycles. The second-order valence-electron chi connectivity index (χ2n) is 17.2. The zero-order chi connectivity index (χ0) is 44.6. The first-order chi connectivity index (χ1) is 33.2. The maximum Gasteiger partial charge on any atom is 0.160 e. The summed E-state index contributed by atoms with van der Waals surface area (Å²) in [5, 5.41) is 0. The van der Waals surface area contributed by atoms with Crippen molar-refractivity contribution < 1.29 is 0 Å². The summed E-state index contributed by atoms with van der Waals surface area (Å²) in [5.74, 6) is 0.697. The molecule has 0 atom stereocenters. The minimum absolute atomic E-state index is 0.478. The fourth-order valence-corrected chi connectivity index (χ4v) is 10.3. The molecule has 12 rings (SSSR count). The largest absolute Gasteiger partial charge is 0.228 e. The van der Waals surface area contributed by atoms with E-state index in [9.17, 15) is 0 Å². The lowest BCUT2D eigenvalue weighted by Crippen LogP contribution is -2.28. The average molecular weight is 853 g/mol. The van der Waals surface area contributed by atoms with Crippen LogP contribution in [0, 0.1) is 0 Å². The van der Waals surface area contributed by atoms with Gasteiger partial charge in [0, 0.05) is 16.7 Å². The highest BCUT2D eigenvalue weighted by Gasteiger charge is 2.46. The molecule has 67 heavy (non-hydrogen) atoms. The predicted octanol–water partition coefficient (Wildman–Crippen LogP) is 16.5. The zero-order valence-corrected chi connectivity index (χ0v) is 36.8. The number of hydrogen-bond acceptors (Lipinski definition) is 2. The zero-order valence-electron chi connectivity index (χ0n) is 36.8. The van der Waals surface area contributed by atoms with Crippen molar-refractivity contribution in [3.8, 4) is 89.5 Å². The van der Waals surface area contributed by atoms with E-state index in [0.717, 1.165) is 61.5 Å². The minimum atomic E-state index is -0.478. The van der Waals surface area contributed by atoms with Gasteiger partial charge in [0.15, 0.2) is 5.82 Å². The first-order valence-corrected chi connectivity index (χ1v) is 23.0. The highest BCUT2D eigenvalue weighted by Crippen LogP contribution is 2.57. The maximum absolute atomic E-state index is 5.24. The first kappa shape index (κ1) is 39.8. The van der Waals surface area contributed by atoms with Crippen LogP contribution >= 0.6 is 0 Å². The third kappa shape index (κ3) is 7.08. The normalized spacial score (nSPS) is 12.3. The molecule has 0 radical (unpaired) electrons. The number of benzene rings is 10. The van der Waals surface area contributed by atoms with Crippen LogP contribution < -0.4 is 0 Å². The van der Waals surface area contributed by atoms with Crippen molar-refractivity contribution in [3.05, 3.63) is 289 Å². The molecular weight excluding hydrogens is 809 g/mol. The molecule has 1 aromatic heterocycles. The van der Waals surface area contributed by atoms with Gasteiger partial charge in [-0.1, -0.05) is 237 Å². The van der Waals surface area contributed by atoms with Crippen LogP contribution in [0.4, 0.5) is 0 Å². The Balaban J connectivity index is 1.10. The lowest BCUT2D eigenvalue weighted by atomic mass is 9.67. The van der Waals surface area contributed by atoms with Crippen LogP contribution in [-0.4, -0.2) is 9.97 Å². The van der Waals surface area contributed by atoms with E-state index in [1.165, 1.54) is 44.5 Å². The summed E-state index contributed by atoms with van der Waals surface area (Å²) in [4.78, 5) is 10.3. The summed E-state index contributed by atoms with van der Waals surface area (Å²) in [7, 11) is 0. The molecule has 0 saturated carbocycles. The van der Waals surface area contributed by atoms with Crippen LogP contribution in [0.2, 0.25) is 0 Å². The van der Waals surface area contributed by atoms with E-state index >= 15 is 0 Å². The van der Waals surface area contributed by atoms with E-state index in [0.29, 0.717) is 5.82 Å². The summed E-state index contributed by atoms with van der Waals surface area (Å²) in [6, 6.07) is 96.4. The molecular formula is C65H44N2. The van der Waals surface area contributed by atoms with E-state index in [-0.39, 0.29) is 0 Å². The summed E-state index contributed by atoms with van der Waals surface area (Å²) in [6.07, 6.45) is 0. The Labute approximate surface area is 392 Å². The second kappa shape index (κ2) is 17.0. The van der Waals surface area contributed by atoms with Gasteiger partial charge in [-0.15, -0.1) is 0 Å². The van der Waals surface area contributed by atoms with Crippen molar-refractivity contribution in [1.82, 2.24) is 9.97 Å². The molecule has 0 bridgehead atoms. The van der Waals surface area contributed by atoms with Gasteiger partial charge in [-0.2, -0.15) is 0 Å². The number of rotatable bonds is 9. The number of nitrogens with zero attached hydrogens (tertiary/aromatic N) is 2. The topological polar surface area (TPSA) is 25.8 Å². The van der Waals surface area contributed by atoms with E-state index in [1.54, 1.807) is 0 Å². The van der Waals surface area contributed by atoms with Crippen LogP contribution in [0.15, 0.2) is 267 Å². The molecule has 0 amide bonds. The molecule has 0 spiro atoms. The lowest BCUT2D eigenvalue weighted by molar-refractivity contribution is 0.768. The molecule has 0 saturated heterocycles.